The molecular formula is C17H14ClF2N3O. The van der Waals surface area contributed by atoms with Crippen LogP contribution in [0.1, 0.15) is 6.42 Å². The molecule has 2 aromatic carbocycles. The van der Waals surface area contributed by atoms with E-state index in [4.69, 9.17) is 11.6 Å². The number of hydrogen-bond donors (Lipinski definition) is 1. The van der Waals surface area contributed by atoms with Gasteiger partial charge in [-0.15, -0.1) is 0 Å². The van der Waals surface area contributed by atoms with E-state index in [-0.39, 0.29) is 18.8 Å². The van der Waals surface area contributed by atoms with Crippen molar-refractivity contribution in [2.45, 2.75) is 12.8 Å². The lowest BCUT2D eigenvalue weighted by Crippen LogP contribution is -2.24. The minimum Gasteiger partial charge on any atom is -0.369 e. The highest BCUT2D eigenvalue weighted by molar-refractivity contribution is 6.31. The Morgan fingerprint density at radius 3 is 2.62 bits per heavy atom. The standard InChI is InChI=1S/C17H14ClF2N3O/c18-11-6-7-13-14(10-11)23(12-4-2-1-3-5-12)17(24)22-16(13)21-9-8-15(19)20/h1-7,10,15H,8-9H2,(H,21,22,24). The number of nitrogens with one attached hydrogen (secondary N) is 1. The van der Waals surface area contributed by atoms with E-state index >= 15 is 0 Å². The molecule has 0 amide bonds. The van der Waals surface area contributed by atoms with Crippen LogP contribution in [0.4, 0.5) is 14.6 Å². The van der Waals surface area contributed by atoms with Crippen molar-refractivity contribution >= 4 is 28.3 Å². The lowest BCUT2D eigenvalue weighted by molar-refractivity contribution is 0.142. The molecule has 124 valence electrons. The van der Waals surface area contributed by atoms with Gasteiger partial charge in [0.1, 0.15) is 5.82 Å². The minimum absolute atomic E-state index is 0.0250. The number of para-hydroxylation sites is 1. The summed E-state index contributed by atoms with van der Waals surface area (Å²) >= 11 is 6.07. The predicted molar refractivity (Wildman–Crippen MR) is 91.5 cm³/mol. The molecule has 0 unspecified atom stereocenters. The monoisotopic (exact) mass is 349 g/mol. The van der Waals surface area contributed by atoms with Gasteiger partial charge < -0.3 is 5.32 Å². The van der Waals surface area contributed by atoms with Crippen molar-refractivity contribution in [1.29, 1.82) is 0 Å². The van der Waals surface area contributed by atoms with E-state index in [1.807, 2.05) is 18.2 Å². The first-order chi connectivity index (χ1) is 11.6. The molecule has 1 N–H and O–H groups in total. The molecule has 0 radical (unpaired) electrons. The van der Waals surface area contributed by atoms with Crippen molar-refractivity contribution in [2.24, 2.45) is 0 Å². The molecule has 0 aliphatic carbocycles. The van der Waals surface area contributed by atoms with Crippen LogP contribution in [-0.4, -0.2) is 22.5 Å². The predicted octanol–water partition coefficient (Wildman–Crippen LogP) is 4.11. The van der Waals surface area contributed by atoms with Crippen molar-refractivity contribution in [1.82, 2.24) is 9.55 Å². The van der Waals surface area contributed by atoms with Crippen molar-refractivity contribution in [3.8, 4) is 5.69 Å². The number of aromatic nitrogens is 2. The van der Waals surface area contributed by atoms with Crippen LogP contribution in [0, 0.1) is 0 Å². The minimum atomic E-state index is -2.41. The van der Waals surface area contributed by atoms with Crippen LogP contribution < -0.4 is 11.0 Å². The fourth-order valence-corrected chi connectivity index (χ4v) is 2.63. The molecular weight excluding hydrogens is 336 g/mol. The molecule has 0 aliphatic heterocycles. The molecule has 0 saturated heterocycles. The average Bonchev–Trinajstić information content (AvgIpc) is 2.55. The molecule has 0 bridgehead atoms. The first kappa shape index (κ1) is 16.4. The fourth-order valence-electron chi connectivity index (χ4n) is 2.46. The number of benzene rings is 2. The van der Waals surface area contributed by atoms with E-state index in [1.54, 1.807) is 30.3 Å². The van der Waals surface area contributed by atoms with Crippen molar-refractivity contribution in [3.05, 3.63) is 64.0 Å². The highest BCUT2D eigenvalue weighted by Crippen LogP contribution is 2.25. The number of alkyl halides is 2. The Kier molecular flexibility index (Phi) is 4.76. The summed E-state index contributed by atoms with van der Waals surface area (Å²) < 4.78 is 26.1. The Morgan fingerprint density at radius 1 is 1.17 bits per heavy atom. The molecule has 0 atom stereocenters. The van der Waals surface area contributed by atoms with Gasteiger partial charge in [-0.2, -0.15) is 4.98 Å². The van der Waals surface area contributed by atoms with Crippen LogP contribution in [0.15, 0.2) is 53.3 Å². The molecule has 24 heavy (non-hydrogen) atoms. The van der Waals surface area contributed by atoms with Crippen LogP contribution in [0.5, 0.6) is 0 Å². The maximum Gasteiger partial charge on any atom is 0.354 e. The maximum absolute atomic E-state index is 12.5. The first-order valence-electron chi connectivity index (χ1n) is 7.36. The summed E-state index contributed by atoms with van der Waals surface area (Å²) in [7, 11) is 0. The van der Waals surface area contributed by atoms with E-state index in [9.17, 15) is 13.6 Å². The lowest BCUT2D eigenvalue weighted by Gasteiger charge is -2.14. The summed E-state index contributed by atoms with van der Waals surface area (Å²) in [6.07, 6.45) is -2.73. The highest BCUT2D eigenvalue weighted by Gasteiger charge is 2.13. The van der Waals surface area contributed by atoms with Gasteiger partial charge >= 0.3 is 5.69 Å². The van der Waals surface area contributed by atoms with Crippen LogP contribution in [0.2, 0.25) is 5.02 Å². The SMILES string of the molecule is O=c1nc(NCCC(F)F)c2ccc(Cl)cc2n1-c1ccccc1. The Morgan fingerprint density at radius 2 is 1.92 bits per heavy atom. The van der Waals surface area contributed by atoms with Crippen LogP contribution >= 0.6 is 11.6 Å². The smallest absolute Gasteiger partial charge is 0.354 e. The van der Waals surface area contributed by atoms with Gasteiger partial charge in [-0.3, -0.25) is 4.57 Å². The zero-order chi connectivity index (χ0) is 17.1. The molecule has 3 aromatic rings. The molecule has 1 heterocycles. The van der Waals surface area contributed by atoms with Crippen LogP contribution in [0.3, 0.4) is 0 Å². The van der Waals surface area contributed by atoms with E-state index in [0.29, 0.717) is 21.6 Å². The second-order valence-corrected chi connectivity index (χ2v) is 5.62. The summed E-state index contributed by atoms with van der Waals surface area (Å²) in [5.41, 5.74) is 0.713. The van der Waals surface area contributed by atoms with Gasteiger partial charge in [0.2, 0.25) is 6.43 Å². The van der Waals surface area contributed by atoms with Gasteiger partial charge in [0.25, 0.3) is 0 Å². The van der Waals surface area contributed by atoms with Crippen molar-refractivity contribution in [3.63, 3.8) is 0 Å². The van der Waals surface area contributed by atoms with Gasteiger partial charge in [-0.25, -0.2) is 13.6 Å². The zero-order valence-corrected chi connectivity index (χ0v) is 13.3. The van der Waals surface area contributed by atoms with E-state index in [2.05, 4.69) is 10.3 Å². The topological polar surface area (TPSA) is 46.9 Å². The molecule has 4 nitrogen and oxygen atoms in total. The molecule has 1 aromatic heterocycles. The van der Waals surface area contributed by atoms with Crippen molar-refractivity contribution in [2.75, 3.05) is 11.9 Å². The Hall–Kier alpha value is -2.47. The number of fused-ring (bicyclic) bond motifs is 1. The molecule has 0 fully saturated rings. The van der Waals surface area contributed by atoms with E-state index in [1.165, 1.54) is 4.57 Å². The summed E-state index contributed by atoms with van der Waals surface area (Å²) in [6, 6.07) is 14.1. The third-order valence-electron chi connectivity index (χ3n) is 3.52. The average molecular weight is 350 g/mol. The fraction of sp³-hybridized carbons (Fsp3) is 0.176. The molecule has 0 spiro atoms. The zero-order valence-electron chi connectivity index (χ0n) is 12.5. The molecule has 7 heteroatoms. The van der Waals surface area contributed by atoms with Gasteiger partial charge in [0.15, 0.2) is 0 Å². The van der Waals surface area contributed by atoms with Crippen molar-refractivity contribution < 1.29 is 8.78 Å². The highest BCUT2D eigenvalue weighted by atomic mass is 35.5. The normalized spacial score (nSPS) is 11.2. The third kappa shape index (κ3) is 3.38. The first-order valence-corrected chi connectivity index (χ1v) is 7.74. The largest absolute Gasteiger partial charge is 0.369 e. The van der Waals surface area contributed by atoms with Gasteiger partial charge in [0, 0.05) is 23.4 Å². The third-order valence-corrected chi connectivity index (χ3v) is 3.76. The van der Waals surface area contributed by atoms with Gasteiger partial charge in [0.05, 0.1) is 11.2 Å². The Bertz CT molecular complexity index is 913. The molecule has 0 saturated carbocycles. The number of rotatable bonds is 5. The van der Waals surface area contributed by atoms with Gasteiger partial charge in [-0.1, -0.05) is 29.8 Å². The van der Waals surface area contributed by atoms with Crippen LogP contribution in [0.25, 0.3) is 16.6 Å². The Balaban J connectivity index is 2.15. The summed E-state index contributed by atoms with van der Waals surface area (Å²) in [5, 5.41) is 3.92. The molecule has 0 aliphatic rings. The summed E-state index contributed by atoms with van der Waals surface area (Å²) in [6.45, 7) is 0.0250. The number of nitrogens with zero attached hydrogens (tertiary/aromatic N) is 2. The second-order valence-electron chi connectivity index (χ2n) is 5.18. The maximum atomic E-state index is 12.5. The number of halogens is 3. The summed E-state index contributed by atoms with van der Waals surface area (Å²) in [4.78, 5) is 16.5. The lowest BCUT2D eigenvalue weighted by atomic mass is 10.2. The van der Waals surface area contributed by atoms with E-state index in [0.717, 1.165) is 0 Å². The quantitative estimate of drug-likeness (QED) is 0.754. The number of hydrogen-bond acceptors (Lipinski definition) is 3. The molecule has 3 rings (SSSR count). The van der Waals surface area contributed by atoms with Gasteiger partial charge in [-0.05, 0) is 30.3 Å². The second kappa shape index (κ2) is 6.97. The summed E-state index contributed by atoms with van der Waals surface area (Å²) in [5.74, 6) is 0.277. The van der Waals surface area contributed by atoms with Crippen LogP contribution in [-0.2, 0) is 0 Å². The number of anilines is 1. The Labute approximate surface area is 141 Å². The van der Waals surface area contributed by atoms with E-state index < -0.39 is 12.1 Å².